The van der Waals surface area contributed by atoms with Crippen molar-refractivity contribution in [2.24, 2.45) is 5.92 Å². The first-order valence-electron chi connectivity index (χ1n) is 8.00. The molecule has 0 atom stereocenters. The van der Waals surface area contributed by atoms with Gasteiger partial charge < -0.3 is 5.11 Å². The van der Waals surface area contributed by atoms with Crippen LogP contribution < -0.4 is 0 Å². The monoisotopic (exact) mass is 345 g/mol. The van der Waals surface area contributed by atoms with Gasteiger partial charge in [-0.2, -0.15) is 5.10 Å². The smallest absolute Gasteiger partial charge is 0.337 e. The molecule has 0 saturated heterocycles. The summed E-state index contributed by atoms with van der Waals surface area (Å²) >= 11 is 6.37. The first-order chi connectivity index (χ1) is 11.4. The van der Waals surface area contributed by atoms with E-state index in [1.165, 1.54) is 24.6 Å². The zero-order chi connectivity index (χ0) is 17.4. The molecule has 1 fully saturated rings. The molecule has 126 valence electrons. The van der Waals surface area contributed by atoms with Crippen LogP contribution in [-0.2, 0) is 6.54 Å². The maximum Gasteiger partial charge on any atom is 0.337 e. The fraction of sp³-hybridized carbons (Fsp3) is 0.389. The summed E-state index contributed by atoms with van der Waals surface area (Å²) in [6.07, 6.45) is 5.88. The number of carboxylic acids is 1. The Morgan fingerprint density at radius 1 is 1.50 bits per heavy atom. The molecule has 2 heterocycles. The highest BCUT2D eigenvalue weighted by molar-refractivity contribution is 6.29. The quantitative estimate of drug-likeness (QED) is 0.820. The van der Waals surface area contributed by atoms with E-state index in [0.29, 0.717) is 18.0 Å². The van der Waals surface area contributed by atoms with Crippen LogP contribution in [0.3, 0.4) is 0 Å². The van der Waals surface area contributed by atoms with Crippen molar-refractivity contribution in [1.82, 2.24) is 14.8 Å². The van der Waals surface area contributed by atoms with Gasteiger partial charge in [-0.05, 0) is 56.7 Å². The lowest BCUT2D eigenvalue weighted by Gasteiger charge is -2.14. The van der Waals surface area contributed by atoms with Crippen LogP contribution in [-0.4, -0.2) is 25.8 Å². The lowest BCUT2D eigenvalue weighted by Crippen LogP contribution is -2.08. The van der Waals surface area contributed by atoms with Crippen LogP contribution in [0.15, 0.2) is 34.5 Å². The van der Waals surface area contributed by atoms with Crippen LogP contribution in [0, 0.1) is 12.8 Å². The molecule has 5 nitrogen and oxygen atoms in total. The Bertz CT molecular complexity index is 872. The third-order valence-corrected chi connectivity index (χ3v) is 4.63. The molecule has 2 aromatic rings. The zero-order valence-corrected chi connectivity index (χ0v) is 14.8. The lowest BCUT2D eigenvalue weighted by atomic mass is 10.0. The Balaban J connectivity index is 2.06. The molecule has 6 heteroatoms. The number of aromatic nitrogens is 3. The number of carbonyl (C=O) groups is 1. The van der Waals surface area contributed by atoms with E-state index in [9.17, 15) is 9.90 Å². The molecular formula is C18H20ClN3O2. The van der Waals surface area contributed by atoms with Crippen LogP contribution in [0.5, 0.6) is 0 Å². The molecule has 1 N–H and O–H groups in total. The minimum absolute atomic E-state index is 0.158. The summed E-state index contributed by atoms with van der Waals surface area (Å²) in [6.45, 7) is 6.31. The highest BCUT2D eigenvalue weighted by Crippen LogP contribution is 2.41. The molecule has 1 aliphatic carbocycles. The van der Waals surface area contributed by atoms with Crippen LogP contribution in [0.2, 0.25) is 0 Å². The summed E-state index contributed by atoms with van der Waals surface area (Å²) in [4.78, 5) is 15.5. The van der Waals surface area contributed by atoms with Crippen LogP contribution >= 0.6 is 11.6 Å². The van der Waals surface area contributed by atoms with E-state index in [0.717, 1.165) is 21.8 Å². The number of carboxylic acid groups (broad SMARTS) is 1. The van der Waals surface area contributed by atoms with Crippen molar-refractivity contribution < 1.29 is 9.90 Å². The molecule has 1 saturated carbocycles. The number of aryl methyl sites for hydroxylation is 1. The number of hydrogen-bond donors (Lipinski definition) is 1. The average molecular weight is 346 g/mol. The van der Waals surface area contributed by atoms with Crippen LogP contribution in [0.4, 0.5) is 0 Å². The van der Waals surface area contributed by atoms with Gasteiger partial charge in [-0.1, -0.05) is 17.7 Å². The first-order valence-corrected chi connectivity index (χ1v) is 8.38. The molecule has 1 aliphatic rings. The van der Waals surface area contributed by atoms with Crippen molar-refractivity contribution in [3.8, 4) is 0 Å². The van der Waals surface area contributed by atoms with Gasteiger partial charge in [0, 0.05) is 11.2 Å². The fourth-order valence-electron chi connectivity index (χ4n) is 3.05. The summed E-state index contributed by atoms with van der Waals surface area (Å²) in [5, 5.41) is 14.5. The number of rotatable bonds is 5. The Morgan fingerprint density at radius 2 is 2.21 bits per heavy atom. The molecule has 0 bridgehead atoms. The van der Waals surface area contributed by atoms with Gasteiger partial charge in [-0.3, -0.25) is 9.67 Å². The zero-order valence-electron chi connectivity index (χ0n) is 14.0. The van der Waals surface area contributed by atoms with Crippen molar-refractivity contribution in [1.29, 1.82) is 0 Å². The largest absolute Gasteiger partial charge is 0.478 e. The minimum atomic E-state index is -0.994. The van der Waals surface area contributed by atoms with Gasteiger partial charge in [0.05, 0.1) is 23.3 Å². The van der Waals surface area contributed by atoms with E-state index in [-0.39, 0.29) is 5.56 Å². The van der Waals surface area contributed by atoms with Crippen LogP contribution in [0.1, 0.15) is 42.7 Å². The molecule has 0 radical (unpaired) electrons. The number of allylic oxidation sites excluding steroid dienone is 4. The molecule has 0 amide bonds. The molecular weight excluding hydrogens is 326 g/mol. The highest BCUT2D eigenvalue weighted by atomic mass is 35.5. The second kappa shape index (κ2) is 6.40. The van der Waals surface area contributed by atoms with E-state index in [2.05, 4.69) is 16.2 Å². The lowest BCUT2D eigenvalue weighted by molar-refractivity contribution is 0.0696. The van der Waals surface area contributed by atoms with E-state index >= 15 is 0 Å². The number of halogens is 1. The number of fused-ring (bicyclic) bond motifs is 1. The maximum atomic E-state index is 11.2. The van der Waals surface area contributed by atoms with Crippen LogP contribution in [0.25, 0.3) is 11.0 Å². The predicted octanol–water partition coefficient (Wildman–Crippen LogP) is 4.31. The third kappa shape index (κ3) is 3.08. The van der Waals surface area contributed by atoms with Gasteiger partial charge in [0.2, 0.25) is 0 Å². The minimum Gasteiger partial charge on any atom is -0.478 e. The summed E-state index contributed by atoms with van der Waals surface area (Å²) in [7, 11) is 0. The Kier molecular flexibility index (Phi) is 4.45. The van der Waals surface area contributed by atoms with E-state index in [4.69, 9.17) is 11.6 Å². The van der Waals surface area contributed by atoms with Crippen molar-refractivity contribution >= 4 is 28.6 Å². The van der Waals surface area contributed by atoms with Gasteiger partial charge >= 0.3 is 5.97 Å². The van der Waals surface area contributed by atoms with Crippen molar-refractivity contribution in [3.63, 3.8) is 0 Å². The Hall–Kier alpha value is -2.14. The summed E-state index contributed by atoms with van der Waals surface area (Å²) in [6, 6.07) is 1.62. The van der Waals surface area contributed by atoms with Gasteiger partial charge in [0.1, 0.15) is 5.52 Å². The molecule has 2 aromatic heterocycles. The van der Waals surface area contributed by atoms with E-state index < -0.39 is 5.97 Å². The normalized spacial score (nSPS) is 16.4. The van der Waals surface area contributed by atoms with Crippen molar-refractivity contribution in [2.75, 3.05) is 0 Å². The topological polar surface area (TPSA) is 68.0 Å². The number of hydrogen-bond acceptors (Lipinski definition) is 3. The summed E-state index contributed by atoms with van der Waals surface area (Å²) in [5.41, 5.74) is 4.71. The number of nitrogens with zero attached hydrogens (tertiary/aromatic N) is 3. The van der Waals surface area contributed by atoms with Crippen molar-refractivity contribution in [2.45, 2.75) is 40.2 Å². The molecule has 3 rings (SSSR count). The average Bonchev–Trinajstić information content (AvgIpc) is 3.32. The Morgan fingerprint density at radius 3 is 2.75 bits per heavy atom. The number of aromatic carboxylic acids is 1. The SMILES string of the molecule is C/C=C(\C(Cn1nc(C)c2ncc(C(=O)O)cc21)=C(/C)Cl)C1CC1. The highest BCUT2D eigenvalue weighted by Gasteiger charge is 2.28. The van der Waals surface area contributed by atoms with Gasteiger partial charge in [0.15, 0.2) is 0 Å². The molecule has 0 aromatic carbocycles. The third-order valence-electron chi connectivity index (χ3n) is 4.41. The fourth-order valence-corrected chi connectivity index (χ4v) is 3.22. The maximum absolute atomic E-state index is 11.2. The van der Waals surface area contributed by atoms with Gasteiger partial charge in [0.25, 0.3) is 0 Å². The molecule has 0 unspecified atom stereocenters. The first kappa shape index (κ1) is 16.7. The predicted molar refractivity (Wildman–Crippen MR) is 94.3 cm³/mol. The Labute approximate surface area is 145 Å². The number of pyridine rings is 1. The molecule has 0 spiro atoms. The second-order valence-electron chi connectivity index (χ2n) is 6.17. The standard InChI is InChI=1S/C18H20ClN3O2/c1-4-14(12-5-6-12)15(10(2)19)9-22-16-7-13(18(23)24)8-20-17(16)11(3)21-22/h4,7-8,12H,5-6,9H2,1-3H3,(H,23,24)/b14-4-,15-10+. The van der Waals surface area contributed by atoms with Gasteiger partial charge in [-0.25, -0.2) is 4.79 Å². The summed E-state index contributed by atoms with van der Waals surface area (Å²) < 4.78 is 1.80. The summed E-state index contributed by atoms with van der Waals surface area (Å²) in [5.74, 6) is -0.416. The van der Waals surface area contributed by atoms with E-state index in [1.807, 2.05) is 20.8 Å². The van der Waals surface area contributed by atoms with Crippen molar-refractivity contribution in [3.05, 3.63) is 45.8 Å². The molecule has 0 aliphatic heterocycles. The molecule has 24 heavy (non-hydrogen) atoms. The second-order valence-corrected chi connectivity index (χ2v) is 6.74. The van der Waals surface area contributed by atoms with E-state index in [1.54, 1.807) is 10.7 Å². The van der Waals surface area contributed by atoms with Gasteiger partial charge in [-0.15, -0.1) is 0 Å².